The molecule has 1 aromatic rings. The monoisotopic (exact) mass is 352 g/mol. The van der Waals surface area contributed by atoms with Crippen molar-refractivity contribution in [1.82, 2.24) is 10.2 Å². The SMILES string of the molecule is CCCS(=O)(=O)c1ccccc1C(=O)N1CCC(CNCC)CC1. The number of piperidine rings is 1. The Kier molecular flexibility index (Phi) is 6.80. The van der Waals surface area contributed by atoms with Gasteiger partial charge in [0.2, 0.25) is 0 Å². The van der Waals surface area contributed by atoms with Crippen molar-refractivity contribution < 1.29 is 13.2 Å². The molecule has 5 nitrogen and oxygen atoms in total. The molecular weight excluding hydrogens is 324 g/mol. The van der Waals surface area contributed by atoms with E-state index in [4.69, 9.17) is 0 Å². The number of nitrogens with zero attached hydrogens (tertiary/aromatic N) is 1. The van der Waals surface area contributed by atoms with E-state index in [0.717, 1.165) is 25.9 Å². The molecule has 1 aliphatic heterocycles. The summed E-state index contributed by atoms with van der Waals surface area (Å²) in [7, 11) is -3.40. The standard InChI is InChI=1S/C18H28N2O3S/c1-3-13-24(22,23)17-8-6-5-7-16(17)18(21)20-11-9-15(10-12-20)14-19-4-2/h5-8,15,19H,3-4,9-14H2,1-2H3. The Balaban J connectivity index is 2.12. The second-order valence-corrected chi connectivity index (χ2v) is 8.44. The van der Waals surface area contributed by atoms with E-state index in [9.17, 15) is 13.2 Å². The Morgan fingerprint density at radius 3 is 2.50 bits per heavy atom. The molecule has 1 amide bonds. The highest BCUT2D eigenvalue weighted by Gasteiger charge is 2.27. The van der Waals surface area contributed by atoms with E-state index >= 15 is 0 Å². The van der Waals surface area contributed by atoms with Crippen LogP contribution in [-0.4, -0.2) is 51.2 Å². The van der Waals surface area contributed by atoms with E-state index in [2.05, 4.69) is 12.2 Å². The summed E-state index contributed by atoms with van der Waals surface area (Å²) in [4.78, 5) is 14.8. The van der Waals surface area contributed by atoms with E-state index in [0.29, 0.717) is 31.0 Å². The van der Waals surface area contributed by atoms with Gasteiger partial charge in [0.1, 0.15) is 0 Å². The first kappa shape index (κ1) is 18.9. The summed E-state index contributed by atoms with van der Waals surface area (Å²) in [6.07, 6.45) is 2.46. The van der Waals surface area contributed by atoms with Crippen LogP contribution in [0.15, 0.2) is 29.2 Å². The Hall–Kier alpha value is -1.40. The minimum absolute atomic E-state index is 0.0715. The summed E-state index contributed by atoms with van der Waals surface area (Å²) < 4.78 is 24.9. The summed E-state index contributed by atoms with van der Waals surface area (Å²) in [5.41, 5.74) is 0.316. The van der Waals surface area contributed by atoms with E-state index < -0.39 is 9.84 Å². The molecule has 0 aliphatic carbocycles. The minimum Gasteiger partial charge on any atom is -0.339 e. The van der Waals surface area contributed by atoms with Crippen molar-refractivity contribution in [3.63, 3.8) is 0 Å². The van der Waals surface area contributed by atoms with Gasteiger partial charge in [-0.25, -0.2) is 8.42 Å². The molecule has 2 rings (SSSR count). The molecule has 0 bridgehead atoms. The summed E-state index contributed by atoms with van der Waals surface area (Å²) in [6, 6.07) is 6.60. The molecule has 0 saturated carbocycles. The quantitative estimate of drug-likeness (QED) is 0.818. The molecule has 0 spiro atoms. The van der Waals surface area contributed by atoms with Crippen molar-refractivity contribution in [2.75, 3.05) is 31.9 Å². The van der Waals surface area contributed by atoms with Gasteiger partial charge in [0.15, 0.2) is 9.84 Å². The Morgan fingerprint density at radius 1 is 1.21 bits per heavy atom. The van der Waals surface area contributed by atoms with Crippen LogP contribution in [-0.2, 0) is 9.84 Å². The van der Waals surface area contributed by atoms with Gasteiger partial charge in [-0.2, -0.15) is 0 Å². The van der Waals surface area contributed by atoms with Crippen molar-refractivity contribution in [3.05, 3.63) is 29.8 Å². The van der Waals surface area contributed by atoms with Crippen LogP contribution in [0.25, 0.3) is 0 Å². The second kappa shape index (κ2) is 8.62. The molecule has 1 heterocycles. The third kappa shape index (κ3) is 4.57. The Labute approximate surface area is 145 Å². The number of nitrogens with one attached hydrogen (secondary N) is 1. The maximum atomic E-state index is 12.8. The van der Waals surface area contributed by atoms with Crippen LogP contribution in [0.1, 0.15) is 43.5 Å². The van der Waals surface area contributed by atoms with Crippen LogP contribution in [0.5, 0.6) is 0 Å². The number of rotatable bonds is 7. The zero-order valence-corrected chi connectivity index (χ0v) is 15.4. The highest BCUT2D eigenvalue weighted by molar-refractivity contribution is 7.91. The smallest absolute Gasteiger partial charge is 0.255 e. The summed E-state index contributed by atoms with van der Waals surface area (Å²) in [6.45, 7) is 7.25. The minimum atomic E-state index is -3.40. The Bertz CT molecular complexity index is 650. The maximum Gasteiger partial charge on any atom is 0.255 e. The lowest BCUT2D eigenvalue weighted by Gasteiger charge is -2.32. The summed E-state index contributed by atoms with van der Waals surface area (Å²) >= 11 is 0. The number of hydrogen-bond acceptors (Lipinski definition) is 4. The van der Waals surface area contributed by atoms with Crippen LogP contribution in [0, 0.1) is 5.92 Å². The van der Waals surface area contributed by atoms with Crippen LogP contribution in [0.4, 0.5) is 0 Å². The lowest BCUT2D eigenvalue weighted by atomic mass is 9.96. The zero-order valence-electron chi connectivity index (χ0n) is 14.6. The van der Waals surface area contributed by atoms with Gasteiger partial charge in [-0.3, -0.25) is 4.79 Å². The van der Waals surface area contributed by atoms with Gasteiger partial charge in [0.25, 0.3) is 5.91 Å². The molecule has 0 aromatic heterocycles. The van der Waals surface area contributed by atoms with E-state index in [1.54, 1.807) is 29.2 Å². The fraction of sp³-hybridized carbons (Fsp3) is 0.611. The molecule has 1 aliphatic rings. The topological polar surface area (TPSA) is 66.5 Å². The molecular formula is C18H28N2O3S. The van der Waals surface area contributed by atoms with Gasteiger partial charge in [-0.05, 0) is 50.4 Å². The number of benzene rings is 1. The predicted molar refractivity (Wildman–Crippen MR) is 96.0 cm³/mol. The molecule has 134 valence electrons. The molecule has 0 unspecified atom stereocenters. The third-order valence-electron chi connectivity index (χ3n) is 4.51. The number of sulfone groups is 1. The number of carbonyl (C=O) groups excluding carboxylic acids is 1. The number of carbonyl (C=O) groups is 1. The molecule has 0 radical (unpaired) electrons. The van der Waals surface area contributed by atoms with Gasteiger partial charge in [0.05, 0.1) is 16.2 Å². The van der Waals surface area contributed by atoms with E-state index in [1.807, 2.05) is 6.92 Å². The van der Waals surface area contributed by atoms with Crippen LogP contribution in [0.2, 0.25) is 0 Å². The lowest BCUT2D eigenvalue weighted by molar-refractivity contribution is 0.0686. The molecule has 1 N–H and O–H groups in total. The van der Waals surface area contributed by atoms with E-state index in [1.165, 1.54) is 0 Å². The average Bonchev–Trinajstić information content (AvgIpc) is 2.60. The molecule has 0 atom stereocenters. The zero-order chi connectivity index (χ0) is 17.6. The van der Waals surface area contributed by atoms with Crippen molar-refractivity contribution >= 4 is 15.7 Å². The largest absolute Gasteiger partial charge is 0.339 e. The van der Waals surface area contributed by atoms with Gasteiger partial charge in [-0.1, -0.05) is 26.0 Å². The fourth-order valence-electron chi connectivity index (χ4n) is 3.15. The lowest BCUT2D eigenvalue weighted by Crippen LogP contribution is -2.41. The van der Waals surface area contributed by atoms with Gasteiger partial charge >= 0.3 is 0 Å². The summed E-state index contributed by atoms with van der Waals surface area (Å²) in [5, 5.41) is 3.35. The predicted octanol–water partition coefficient (Wildman–Crippen LogP) is 2.33. The molecule has 24 heavy (non-hydrogen) atoms. The van der Waals surface area contributed by atoms with Gasteiger partial charge in [0, 0.05) is 13.1 Å². The van der Waals surface area contributed by atoms with Gasteiger partial charge in [-0.15, -0.1) is 0 Å². The van der Waals surface area contributed by atoms with Crippen LogP contribution in [0.3, 0.4) is 0 Å². The van der Waals surface area contributed by atoms with Crippen LogP contribution >= 0.6 is 0 Å². The highest BCUT2D eigenvalue weighted by Crippen LogP contribution is 2.23. The van der Waals surface area contributed by atoms with Crippen molar-refractivity contribution in [2.24, 2.45) is 5.92 Å². The molecule has 6 heteroatoms. The van der Waals surface area contributed by atoms with Crippen LogP contribution < -0.4 is 5.32 Å². The number of hydrogen-bond donors (Lipinski definition) is 1. The van der Waals surface area contributed by atoms with Crippen molar-refractivity contribution in [2.45, 2.75) is 38.0 Å². The first-order valence-electron chi connectivity index (χ1n) is 8.81. The highest BCUT2D eigenvalue weighted by atomic mass is 32.2. The fourth-order valence-corrected chi connectivity index (χ4v) is 4.69. The molecule has 1 fully saturated rings. The molecule has 1 aromatic carbocycles. The summed E-state index contributed by atoms with van der Waals surface area (Å²) in [5.74, 6) is 0.502. The normalized spacial score (nSPS) is 16.3. The third-order valence-corrected chi connectivity index (χ3v) is 6.48. The number of likely N-dealkylation sites (tertiary alicyclic amines) is 1. The molecule has 1 saturated heterocycles. The number of amides is 1. The first-order chi connectivity index (χ1) is 11.5. The average molecular weight is 353 g/mol. The Morgan fingerprint density at radius 2 is 1.88 bits per heavy atom. The first-order valence-corrected chi connectivity index (χ1v) is 10.5. The van der Waals surface area contributed by atoms with Gasteiger partial charge < -0.3 is 10.2 Å². The second-order valence-electron chi connectivity index (χ2n) is 6.36. The van der Waals surface area contributed by atoms with E-state index in [-0.39, 0.29) is 16.6 Å². The van der Waals surface area contributed by atoms with Crippen molar-refractivity contribution in [3.8, 4) is 0 Å². The van der Waals surface area contributed by atoms with Crippen molar-refractivity contribution in [1.29, 1.82) is 0 Å². The maximum absolute atomic E-state index is 12.8.